The summed E-state index contributed by atoms with van der Waals surface area (Å²) in [7, 11) is 0. The van der Waals surface area contributed by atoms with Crippen LogP contribution >= 0.6 is 0 Å². The zero-order valence-corrected chi connectivity index (χ0v) is 19.4. The Kier molecular flexibility index (Phi) is 9.15. The first kappa shape index (κ1) is 23.8. The van der Waals surface area contributed by atoms with Crippen LogP contribution in [0.4, 0.5) is 10.1 Å². The Hall–Kier alpha value is -2.81. The molecule has 0 unspecified atom stereocenters. The molecule has 0 radical (unpaired) electrons. The quantitative estimate of drug-likeness (QED) is 0.498. The predicted octanol–water partition coefficient (Wildman–Crippen LogP) is 5.56. The van der Waals surface area contributed by atoms with Gasteiger partial charge in [0.15, 0.2) is 0 Å². The lowest BCUT2D eigenvalue weighted by atomic mass is 10.1. The van der Waals surface area contributed by atoms with Crippen LogP contribution in [-0.4, -0.2) is 30.4 Å². The van der Waals surface area contributed by atoms with E-state index in [1.54, 1.807) is 12.1 Å². The van der Waals surface area contributed by atoms with Gasteiger partial charge in [-0.05, 0) is 73.7 Å². The van der Waals surface area contributed by atoms with Crippen molar-refractivity contribution in [3.05, 3.63) is 65.6 Å². The Bertz CT molecular complexity index is 1040. The molecule has 1 saturated heterocycles. The number of aromatic nitrogens is 1. The first-order valence-corrected chi connectivity index (χ1v) is 11.6. The Morgan fingerprint density at radius 3 is 2.53 bits per heavy atom. The van der Waals surface area contributed by atoms with Crippen LogP contribution in [0.1, 0.15) is 44.9 Å². The van der Waals surface area contributed by atoms with Crippen LogP contribution in [0.3, 0.4) is 0 Å². The maximum absolute atomic E-state index is 13.0. The molecule has 1 aliphatic rings. The van der Waals surface area contributed by atoms with Gasteiger partial charge < -0.3 is 19.9 Å². The van der Waals surface area contributed by atoms with Gasteiger partial charge in [-0.15, -0.1) is 0 Å². The zero-order chi connectivity index (χ0) is 22.8. The number of aryl methyl sites for hydroxylation is 1. The summed E-state index contributed by atoms with van der Waals surface area (Å²) in [4.78, 5) is 0. The maximum Gasteiger partial charge on any atom is 0.123 e. The molecular formula is C27H34FN3O. The molecule has 4 nitrogen and oxygen atoms in total. The average Bonchev–Trinajstić information content (AvgIpc) is 3.20. The number of ether oxygens (including phenoxy) is 1. The molecule has 0 aliphatic carbocycles. The third kappa shape index (κ3) is 6.35. The number of nitrogens with one attached hydrogen (secondary N) is 2. The van der Waals surface area contributed by atoms with Crippen molar-refractivity contribution in [3.63, 3.8) is 0 Å². The third-order valence-corrected chi connectivity index (χ3v) is 5.54. The van der Waals surface area contributed by atoms with Crippen molar-refractivity contribution < 1.29 is 9.13 Å². The Balaban J connectivity index is 0.00000141. The van der Waals surface area contributed by atoms with Gasteiger partial charge in [0, 0.05) is 48.9 Å². The molecule has 4 rings (SSSR count). The summed E-state index contributed by atoms with van der Waals surface area (Å²) in [5.74, 6) is 6.23. The maximum atomic E-state index is 13.0. The fraction of sp³-hybridized carbons (Fsp3) is 0.407. The molecule has 5 heteroatoms. The summed E-state index contributed by atoms with van der Waals surface area (Å²) in [6.45, 7) is 10.1. The SMILES string of the molecule is CC.CCn1c(C#CCNc2ccc(F)cc2)cc2cc(CNC3CCOCC3)ccc21. The summed E-state index contributed by atoms with van der Waals surface area (Å²) in [6, 6.07) is 15.7. The third-order valence-electron chi connectivity index (χ3n) is 5.54. The molecule has 0 spiro atoms. The minimum Gasteiger partial charge on any atom is -0.381 e. The largest absolute Gasteiger partial charge is 0.381 e. The molecule has 3 aromatic rings. The molecule has 1 fully saturated rings. The van der Waals surface area contributed by atoms with Crippen LogP contribution in [0.15, 0.2) is 48.5 Å². The van der Waals surface area contributed by atoms with E-state index in [2.05, 4.69) is 58.2 Å². The van der Waals surface area contributed by atoms with Gasteiger partial charge in [0.05, 0.1) is 12.2 Å². The van der Waals surface area contributed by atoms with Crippen molar-refractivity contribution >= 4 is 16.6 Å². The molecule has 0 amide bonds. The molecule has 32 heavy (non-hydrogen) atoms. The van der Waals surface area contributed by atoms with E-state index in [0.29, 0.717) is 12.6 Å². The fourth-order valence-electron chi connectivity index (χ4n) is 3.89. The lowest BCUT2D eigenvalue weighted by Crippen LogP contribution is -2.34. The number of nitrogens with zero attached hydrogens (tertiary/aromatic N) is 1. The number of anilines is 1. The summed E-state index contributed by atoms with van der Waals surface area (Å²) >= 11 is 0. The monoisotopic (exact) mass is 435 g/mol. The van der Waals surface area contributed by atoms with Crippen molar-refractivity contribution in [2.45, 2.75) is 52.7 Å². The van der Waals surface area contributed by atoms with Crippen molar-refractivity contribution in [1.82, 2.24) is 9.88 Å². The van der Waals surface area contributed by atoms with Crippen molar-refractivity contribution in [2.24, 2.45) is 0 Å². The molecule has 2 heterocycles. The van der Waals surface area contributed by atoms with Crippen LogP contribution in [0.25, 0.3) is 10.9 Å². The highest BCUT2D eigenvalue weighted by Gasteiger charge is 2.13. The number of halogens is 1. The van der Waals surface area contributed by atoms with Crippen LogP contribution < -0.4 is 10.6 Å². The second kappa shape index (κ2) is 12.3. The van der Waals surface area contributed by atoms with Crippen molar-refractivity contribution in [3.8, 4) is 11.8 Å². The number of benzene rings is 2. The minimum atomic E-state index is -0.235. The molecule has 1 aliphatic heterocycles. The molecule has 0 bridgehead atoms. The first-order chi connectivity index (χ1) is 15.7. The van der Waals surface area contributed by atoms with E-state index >= 15 is 0 Å². The van der Waals surface area contributed by atoms with Gasteiger partial charge in [-0.1, -0.05) is 25.8 Å². The Morgan fingerprint density at radius 1 is 1.06 bits per heavy atom. The fourth-order valence-corrected chi connectivity index (χ4v) is 3.89. The summed E-state index contributed by atoms with van der Waals surface area (Å²) in [5, 5.41) is 8.08. The van der Waals surface area contributed by atoms with Gasteiger partial charge in [0.1, 0.15) is 5.82 Å². The van der Waals surface area contributed by atoms with Crippen LogP contribution in [0.5, 0.6) is 0 Å². The normalized spacial score (nSPS) is 13.8. The lowest BCUT2D eigenvalue weighted by Gasteiger charge is -2.23. The molecule has 0 saturated carbocycles. The average molecular weight is 436 g/mol. The van der Waals surface area contributed by atoms with Crippen LogP contribution in [-0.2, 0) is 17.8 Å². The number of rotatable bonds is 6. The summed E-state index contributed by atoms with van der Waals surface area (Å²) in [5.41, 5.74) is 4.38. The lowest BCUT2D eigenvalue weighted by molar-refractivity contribution is 0.0776. The summed E-state index contributed by atoms with van der Waals surface area (Å²) in [6.07, 6.45) is 2.17. The molecule has 170 valence electrons. The predicted molar refractivity (Wildman–Crippen MR) is 131 cm³/mol. The minimum absolute atomic E-state index is 0.235. The number of fused-ring (bicyclic) bond motifs is 1. The molecule has 2 N–H and O–H groups in total. The smallest absolute Gasteiger partial charge is 0.123 e. The second-order valence-electron chi connectivity index (χ2n) is 7.60. The van der Waals surface area contributed by atoms with E-state index in [4.69, 9.17) is 4.74 Å². The van der Waals surface area contributed by atoms with Gasteiger partial charge in [0.2, 0.25) is 0 Å². The first-order valence-electron chi connectivity index (χ1n) is 11.6. The number of hydrogen-bond donors (Lipinski definition) is 2. The molecule has 1 aromatic heterocycles. The van der Waals surface area contributed by atoms with E-state index in [0.717, 1.165) is 50.5 Å². The van der Waals surface area contributed by atoms with Crippen LogP contribution in [0.2, 0.25) is 0 Å². The van der Waals surface area contributed by atoms with E-state index in [1.807, 2.05) is 13.8 Å². The van der Waals surface area contributed by atoms with Gasteiger partial charge in [-0.3, -0.25) is 0 Å². The van der Waals surface area contributed by atoms with Gasteiger partial charge in [-0.25, -0.2) is 4.39 Å². The van der Waals surface area contributed by atoms with E-state index < -0.39 is 0 Å². The topological polar surface area (TPSA) is 38.2 Å². The van der Waals surface area contributed by atoms with Crippen LogP contribution in [0, 0.1) is 17.7 Å². The highest BCUT2D eigenvalue weighted by atomic mass is 19.1. The number of hydrogen-bond acceptors (Lipinski definition) is 3. The van der Waals surface area contributed by atoms with Gasteiger partial charge in [-0.2, -0.15) is 0 Å². The van der Waals surface area contributed by atoms with Crippen molar-refractivity contribution in [2.75, 3.05) is 25.1 Å². The highest BCUT2D eigenvalue weighted by molar-refractivity contribution is 5.83. The Morgan fingerprint density at radius 2 is 1.81 bits per heavy atom. The zero-order valence-electron chi connectivity index (χ0n) is 19.4. The second-order valence-corrected chi connectivity index (χ2v) is 7.60. The van der Waals surface area contributed by atoms with Gasteiger partial charge in [0.25, 0.3) is 0 Å². The molecule has 0 atom stereocenters. The van der Waals surface area contributed by atoms with Crippen molar-refractivity contribution in [1.29, 1.82) is 0 Å². The standard InChI is InChI=1S/C25H28FN3O.C2H6/c1-2-29-24(4-3-13-27-22-8-6-21(26)7-9-22)17-20-16-19(5-10-25(20)29)18-28-23-11-14-30-15-12-23;1-2/h5-10,16-17,23,27-28H,2,11-15,18H2,1H3;1-2H3. The summed E-state index contributed by atoms with van der Waals surface area (Å²) < 4.78 is 20.7. The Labute approximate surface area is 191 Å². The molecule has 2 aromatic carbocycles. The molecular weight excluding hydrogens is 401 g/mol. The highest BCUT2D eigenvalue weighted by Crippen LogP contribution is 2.21. The van der Waals surface area contributed by atoms with E-state index in [-0.39, 0.29) is 5.82 Å². The van der Waals surface area contributed by atoms with E-state index in [9.17, 15) is 4.39 Å². The van der Waals surface area contributed by atoms with E-state index in [1.165, 1.54) is 28.6 Å². The van der Waals surface area contributed by atoms with Gasteiger partial charge >= 0.3 is 0 Å².